The number of hydrogen-bond donors (Lipinski definition) is 1. The first-order valence-corrected chi connectivity index (χ1v) is 10.4. The summed E-state index contributed by atoms with van der Waals surface area (Å²) in [5, 5.41) is 13.9. The summed E-state index contributed by atoms with van der Waals surface area (Å²) in [6.45, 7) is 6.57. The molecule has 1 aliphatic heterocycles. The summed E-state index contributed by atoms with van der Waals surface area (Å²) >= 11 is 0. The molecule has 1 unspecified atom stereocenters. The van der Waals surface area contributed by atoms with Crippen molar-refractivity contribution in [2.75, 3.05) is 18.5 Å². The van der Waals surface area contributed by atoms with Crippen molar-refractivity contribution in [2.24, 2.45) is 11.0 Å². The first-order valence-electron chi connectivity index (χ1n) is 10.4. The second-order valence-corrected chi connectivity index (χ2v) is 8.43. The highest BCUT2D eigenvalue weighted by Crippen LogP contribution is 2.24. The molecule has 2 aromatic carbocycles. The molecule has 31 heavy (non-hydrogen) atoms. The lowest BCUT2D eigenvalue weighted by atomic mass is 9.94. The molecule has 7 heteroatoms. The van der Waals surface area contributed by atoms with Gasteiger partial charge in [0.2, 0.25) is 0 Å². The molecule has 0 radical (unpaired) electrons. The van der Waals surface area contributed by atoms with Gasteiger partial charge in [0.25, 0.3) is 0 Å². The molecule has 1 heterocycles. The second kappa shape index (κ2) is 9.98. The van der Waals surface area contributed by atoms with Crippen molar-refractivity contribution in [2.45, 2.75) is 39.2 Å². The van der Waals surface area contributed by atoms with E-state index < -0.39 is 5.60 Å². The maximum absolute atomic E-state index is 12.4. The Hall–Kier alpha value is -3.53. The zero-order valence-electron chi connectivity index (χ0n) is 18.2. The summed E-state index contributed by atoms with van der Waals surface area (Å²) in [6, 6.07) is 19.1. The lowest BCUT2D eigenvalue weighted by molar-refractivity contribution is 0.0194. The van der Waals surface area contributed by atoms with Crippen LogP contribution in [0.5, 0.6) is 11.5 Å². The van der Waals surface area contributed by atoms with Crippen LogP contribution in [-0.4, -0.2) is 35.4 Å². The van der Waals surface area contributed by atoms with E-state index >= 15 is 0 Å². The van der Waals surface area contributed by atoms with Gasteiger partial charge < -0.3 is 14.4 Å². The number of nitrogens with one attached hydrogen (secondary N) is 1. The van der Waals surface area contributed by atoms with Crippen LogP contribution < -0.4 is 10.2 Å². The van der Waals surface area contributed by atoms with E-state index in [1.54, 1.807) is 4.90 Å². The Morgan fingerprint density at radius 2 is 1.81 bits per heavy atom. The van der Waals surface area contributed by atoms with Crippen LogP contribution in [0.25, 0.3) is 0 Å². The molecular weight excluding hydrogens is 392 g/mol. The van der Waals surface area contributed by atoms with Gasteiger partial charge in [-0.15, -0.1) is 0 Å². The summed E-state index contributed by atoms with van der Waals surface area (Å²) < 4.78 is 11.2. The van der Waals surface area contributed by atoms with E-state index in [4.69, 9.17) is 9.47 Å². The number of hydrazone groups is 1. The smallest absolute Gasteiger partial charge is 0.410 e. The number of anilines is 1. The quantitative estimate of drug-likeness (QED) is 0.516. The Morgan fingerprint density at radius 1 is 1.13 bits per heavy atom. The number of carbonyl (C=O) groups excluding carboxylic acids is 1. The van der Waals surface area contributed by atoms with Crippen LogP contribution in [0.1, 0.15) is 33.6 Å². The Kier molecular flexibility index (Phi) is 7.14. The Labute approximate surface area is 183 Å². The molecule has 1 aliphatic rings. The van der Waals surface area contributed by atoms with Gasteiger partial charge in [0, 0.05) is 19.0 Å². The normalized spacial score (nSPS) is 16.9. The molecule has 1 fully saturated rings. The highest BCUT2D eigenvalue weighted by Gasteiger charge is 2.30. The first-order chi connectivity index (χ1) is 14.8. The molecule has 2 aromatic rings. The fraction of sp³-hybridized carbons (Fsp3) is 0.375. The standard InChI is InChI=1S/C24H28N4O3/c1-24(2,3)31-23(29)28-15-7-8-18(17-28)22(16-25)27-26-19-11-13-21(14-12-19)30-20-9-5-4-6-10-20/h4-6,9-14,18,26H,7-8,15,17H2,1-3H3. The Morgan fingerprint density at radius 3 is 2.45 bits per heavy atom. The SMILES string of the molecule is CC(C)(C)OC(=O)N1CCCC(C(C#N)=NNc2ccc(Oc3ccccc3)cc2)C1. The lowest BCUT2D eigenvalue weighted by Crippen LogP contribution is -2.44. The third-order valence-electron chi connectivity index (χ3n) is 4.71. The van der Waals surface area contributed by atoms with E-state index in [9.17, 15) is 10.1 Å². The van der Waals surface area contributed by atoms with Crippen molar-refractivity contribution in [1.29, 1.82) is 5.26 Å². The number of rotatable bonds is 5. The summed E-state index contributed by atoms with van der Waals surface area (Å²) in [5.74, 6) is 1.35. The van der Waals surface area contributed by atoms with Crippen LogP contribution in [0.4, 0.5) is 10.5 Å². The van der Waals surface area contributed by atoms with Gasteiger partial charge in [-0.2, -0.15) is 10.4 Å². The molecule has 1 N–H and O–H groups in total. The van der Waals surface area contributed by atoms with Crippen LogP contribution in [0, 0.1) is 17.2 Å². The topological polar surface area (TPSA) is 87.0 Å². The third kappa shape index (κ3) is 6.75. The maximum Gasteiger partial charge on any atom is 0.410 e. The molecule has 7 nitrogen and oxygen atoms in total. The van der Waals surface area contributed by atoms with Crippen LogP contribution in [-0.2, 0) is 4.74 Å². The van der Waals surface area contributed by atoms with Crippen LogP contribution in [0.2, 0.25) is 0 Å². The zero-order chi connectivity index (χ0) is 22.3. The van der Waals surface area contributed by atoms with Gasteiger partial charge in [-0.1, -0.05) is 18.2 Å². The number of piperidine rings is 1. The number of nitrogens with zero attached hydrogens (tertiary/aromatic N) is 3. The molecule has 0 aliphatic carbocycles. The van der Waals surface area contributed by atoms with Crippen molar-refractivity contribution >= 4 is 17.5 Å². The van der Waals surface area contributed by atoms with Gasteiger partial charge >= 0.3 is 6.09 Å². The molecule has 0 spiro atoms. The highest BCUT2D eigenvalue weighted by molar-refractivity contribution is 6.01. The van der Waals surface area contributed by atoms with E-state index in [-0.39, 0.29) is 12.0 Å². The number of ether oxygens (including phenoxy) is 2. The fourth-order valence-electron chi connectivity index (χ4n) is 3.25. The summed E-state index contributed by atoms with van der Waals surface area (Å²) in [4.78, 5) is 14.0. The van der Waals surface area contributed by atoms with Crippen molar-refractivity contribution in [3.63, 3.8) is 0 Å². The molecular formula is C24H28N4O3. The summed E-state index contributed by atoms with van der Waals surface area (Å²) in [5.41, 5.74) is 3.51. The zero-order valence-corrected chi connectivity index (χ0v) is 18.2. The van der Waals surface area contributed by atoms with Gasteiger partial charge in [0.05, 0.1) is 5.69 Å². The predicted octanol–water partition coefficient (Wildman–Crippen LogP) is 5.42. The number of likely N-dealkylation sites (tertiary alicyclic amines) is 1. The number of para-hydroxylation sites is 1. The summed E-state index contributed by atoms with van der Waals surface area (Å²) in [6.07, 6.45) is 1.25. The number of nitriles is 1. The van der Waals surface area contributed by atoms with E-state index in [0.717, 1.165) is 24.3 Å². The minimum absolute atomic E-state index is 0.126. The molecule has 1 saturated heterocycles. The number of amides is 1. The molecule has 0 aromatic heterocycles. The maximum atomic E-state index is 12.4. The average Bonchev–Trinajstić information content (AvgIpc) is 2.75. The average molecular weight is 421 g/mol. The van der Waals surface area contributed by atoms with Crippen molar-refractivity contribution in [1.82, 2.24) is 4.90 Å². The van der Waals surface area contributed by atoms with Crippen LogP contribution in [0.15, 0.2) is 59.7 Å². The summed E-state index contributed by atoms with van der Waals surface area (Å²) in [7, 11) is 0. The highest BCUT2D eigenvalue weighted by atomic mass is 16.6. The van der Waals surface area contributed by atoms with Gasteiger partial charge in [0.1, 0.15) is 28.9 Å². The monoisotopic (exact) mass is 420 g/mol. The van der Waals surface area contributed by atoms with Gasteiger partial charge in [0.15, 0.2) is 0 Å². The van der Waals surface area contributed by atoms with E-state index in [2.05, 4.69) is 16.6 Å². The van der Waals surface area contributed by atoms with Gasteiger partial charge in [-0.05, 0) is 70.0 Å². The Balaban J connectivity index is 1.60. The number of benzene rings is 2. The second-order valence-electron chi connectivity index (χ2n) is 8.43. The van der Waals surface area contributed by atoms with E-state index in [1.807, 2.05) is 75.4 Å². The predicted molar refractivity (Wildman–Crippen MR) is 120 cm³/mol. The molecule has 0 bridgehead atoms. The van der Waals surface area contributed by atoms with Gasteiger partial charge in [-0.3, -0.25) is 5.43 Å². The van der Waals surface area contributed by atoms with E-state index in [0.29, 0.717) is 24.6 Å². The lowest BCUT2D eigenvalue weighted by Gasteiger charge is -2.33. The molecule has 1 atom stereocenters. The number of carbonyl (C=O) groups is 1. The fourth-order valence-corrected chi connectivity index (χ4v) is 3.25. The number of hydrogen-bond acceptors (Lipinski definition) is 6. The largest absolute Gasteiger partial charge is 0.457 e. The van der Waals surface area contributed by atoms with Gasteiger partial charge in [-0.25, -0.2) is 4.79 Å². The van der Waals surface area contributed by atoms with Crippen LogP contribution >= 0.6 is 0 Å². The third-order valence-corrected chi connectivity index (χ3v) is 4.71. The molecule has 162 valence electrons. The first kappa shape index (κ1) is 22.2. The van der Waals surface area contributed by atoms with Crippen molar-refractivity contribution < 1.29 is 14.3 Å². The van der Waals surface area contributed by atoms with Crippen molar-refractivity contribution in [3.8, 4) is 17.6 Å². The van der Waals surface area contributed by atoms with Crippen LogP contribution in [0.3, 0.4) is 0 Å². The molecule has 1 amide bonds. The van der Waals surface area contributed by atoms with E-state index in [1.165, 1.54) is 0 Å². The Bertz CT molecular complexity index is 944. The molecule has 0 saturated carbocycles. The minimum Gasteiger partial charge on any atom is -0.457 e. The molecule has 3 rings (SSSR count). The minimum atomic E-state index is -0.548. The van der Waals surface area contributed by atoms with Crippen molar-refractivity contribution in [3.05, 3.63) is 54.6 Å².